The first-order valence-electron chi connectivity index (χ1n) is 9.15. The quantitative estimate of drug-likeness (QED) is 0.759. The molecule has 0 N–H and O–H groups in total. The van der Waals surface area contributed by atoms with Crippen LogP contribution in [0.25, 0.3) is 0 Å². The number of carbonyl (C=O) groups excluding carboxylic acids is 2. The molecule has 0 bridgehead atoms. The summed E-state index contributed by atoms with van der Waals surface area (Å²) in [5, 5.41) is 0. The molecular weight excluding hydrogens is 342 g/mol. The number of aromatic nitrogens is 1. The van der Waals surface area contributed by atoms with Gasteiger partial charge >= 0.3 is 5.97 Å². The predicted molar refractivity (Wildman–Crippen MR) is 103 cm³/mol. The van der Waals surface area contributed by atoms with E-state index in [1.165, 1.54) is 0 Å². The first-order chi connectivity index (χ1) is 13.0. The van der Waals surface area contributed by atoms with Crippen LogP contribution in [-0.4, -0.2) is 54.5 Å². The fourth-order valence-electron chi connectivity index (χ4n) is 3.10. The van der Waals surface area contributed by atoms with Gasteiger partial charge in [-0.1, -0.05) is 36.4 Å². The van der Waals surface area contributed by atoms with Crippen LogP contribution in [-0.2, 0) is 19.7 Å². The highest BCUT2D eigenvalue weighted by Gasteiger charge is 2.32. The maximum Gasteiger partial charge on any atom is 0.316 e. The molecule has 1 aliphatic rings. The molecule has 1 saturated heterocycles. The maximum absolute atomic E-state index is 12.5. The summed E-state index contributed by atoms with van der Waals surface area (Å²) in [5.41, 5.74) is 0.0746. The topological polar surface area (TPSA) is 62.7 Å². The van der Waals surface area contributed by atoms with Gasteiger partial charge in [0.25, 0.3) is 5.91 Å². The van der Waals surface area contributed by atoms with E-state index in [0.29, 0.717) is 26.2 Å². The summed E-state index contributed by atoms with van der Waals surface area (Å²) in [7, 11) is 0. The van der Waals surface area contributed by atoms with E-state index in [-0.39, 0.29) is 12.5 Å². The van der Waals surface area contributed by atoms with E-state index < -0.39 is 11.4 Å². The third-order valence-electron chi connectivity index (χ3n) is 4.94. The van der Waals surface area contributed by atoms with E-state index in [0.717, 1.165) is 11.4 Å². The van der Waals surface area contributed by atoms with Crippen molar-refractivity contribution in [3.63, 3.8) is 0 Å². The highest BCUT2D eigenvalue weighted by Crippen LogP contribution is 2.24. The van der Waals surface area contributed by atoms with Gasteiger partial charge in [0.15, 0.2) is 6.61 Å². The van der Waals surface area contributed by atoms with Crippen LogP contribution < -0.4 is 4.90 Å². The van der Waals surface area contributed by atoms with Gasteiger partial charge in [-0.2, -0.15) is 0 Å². The van der Waals surface area contributed by atoms with Crippen molar-refractivity contribution in [1.82, 2.24) is 9.88 Å². The Hall–Kier alpha value is -2.89. The first kappa shape index (κ1) is 18.9. The minimum absolute atomic E-state index is 0.159. The van der Waals surface area contributed by atoms with Crippen molar-refractivity contribution in [1.29, 1.82) is 0 Å². The number of amides is 1. The molecule has 3 rings (SSSR count). The summed E-state index contributed by atoms with van der Waals surface area (Å²) in [6.07, 6.45) is 1.76. The molecule has 0 aliphatic carbocycles. The van der Waals surface area contributed by atoms with Gasteiger partial charge in [-0.25, -0.2) is 4.98 Å². The largest absolute Gasteiger partial charge is 0.455 e. The molecule has 1 aromatic heterocycles. The average molecular weight is 367 g/mol. The number of benzene rings is 1. The number of ether oxygens (including phenoxy) is 1. The Morgan fingerprint density at radius 3 is 2.30 bits per heavy atom. The molecule has 1 aromatic carbocycles. The highest BCUT2D eigenvalue weighted by atomic mass is 16.5. The Balaban J connectivity index is 1.49. The van der Waals surface area contributed by atoms with Crippen LogP contribution in [0.15, 0.2) is 54.7 Å². The predicted octanol–water partition coefficient (Wildman–Crippen LogP) is 2.25. The monoisotopic (exact) mass is 367 g/mol. The van der Waals surface area contributed by atoms with Gasteiger partial charge < -0.3 is 14.5 Å². The second-order valence-corrected chi connectivity index (χ2v) is 7.12. The second kappa shape index (κ2) is 8.20. The third kappa shape index (κ3) is 4.45. The van der Waals surface area contributed by atoms with Gasteiger partial charge in [-0.05, 0) is 31.5 Å². The molecular formula is C21H25N3O3. The number of nitrogens with zero attached hydrogens (tertiary/aromatic N) is 3. The minimum atomic E-state index is -0.792. The van der Waals surface area contributed by atoms with E-state index in [4.69, 9.17) is 4.74 Å². The van der Waals surface area contributed by atoms with Crippen LogP contribution in [0.3, 0.4) is 0 Å². The molecule has 0 atom stereocenters. The Kier molecular flexibility index (Phi) is 5.74. The van der Waals surface area contributed by atoms with Crippen LogP contribution in [0.2, 0.25) is 0 Å². The lowest BCUT2D eigenvalue weighted by molar-refractivity contribution is -0.156. The fourth-order valence-corrected chi connectivity index (χ4v) is 3.10. The molecule has 1 amide bonds. The van der Waals surface area contributed by atoms with E-state index in [2.05, 4.69) is 9.88 Å². The molecule has 1 fully saturated rings. The number of esters is 1. The number of rotatable bonds is 5. The first-order valence-corrected chi connectivity index (χ1v) is 9.15. The third-order valence-corrected chi connectivity index (χ3v) is 4.94. The summed E-state index contributed by atoms with van der Waals surface area (Å²) in [6.45, 7) is 6.00. The Morgan fingerprint density at radius 2 is 1.67 bits per heavy atom. The molecule has 2 heterocycles. The zero-order valence-electron chi connectivity index (χ0n) is 15.8. The van der Waals surface area contributed by atoms with Crippen molar-refractivity contribution in [2.45, 2.75) is 19.3 Å². The molecule has 0 unspecified atom stereocenters. The SMILES string of the molecule is CC(C)(C(=O)OCC(=O)N1CCN(c2ccccn2)CC1)c1ccccc1. The number of piperazine rings is 1. The van der Waals surface area contributed by atoms with E-state index in [1.807, 2.05) is 48.5 Å². The number of anilines is 1. The van der Waals surface area contributed by atoms with Gasteiger partial charge in [0, 0.05) is 32.4 Å². The average Bonchev–Trinajstić information content (AvgIpc) is 2.73. The van der Waals surface area contributed by atoms with Gasteiger partial charge in [0.2, 0.25) is 0 Å². The molecule has 2 aromatic rings. The second-order valence-electron chi connectivity index (χ2n) is 7.12. The number of pyridine rings is 1. The van der Waals surface area contributed by atoms with E-state index in [1.54, 1.807) is 24.9 Å². The number of carbonyl (C=O) groups is 2. The summed E-state index contributed by atoms with van der Waals surface area (Å²) in [4.78, 5) is 33.1. The lowest BCUT2D eigenvalue weighted by Gasteiger charge is -2.35. The standard InChI is InChI=1S/C21H25N3O3/c1-21(2,17-8-4-3-5-9-17)20(26)27-16-19(25)24-14-12-23(13-15-24)18-10-6-7-11-22-18/h3-11H,12-16H2,1-2H3. The van der Waals surface area contributed by atoms with Crippen LogP contribution in [0.5, 0.6) is 0 Å². The lowest BCUT2D eigenvalue weighted by Crippen LogP contribution is -2.50. The summed E-state index contributed by atoms with van der Waals surface area (Å²) in [5.74, 6) is 0.364. The van der Waals surface area contributed by atoms with Crippen LogP contribution in [0.4, 0.5) is 5.82 Å². The molecule has 1 aliphatic heterocycles. The van der Waals surface area contributed by atoms with Crippen molar-refractivity contribution >= 4 is 17.7 Å². The van der Waals surface area contributed by atoms with Crippen LogP contribution in [0.1, 0.15) is 19.4 Å². The Labute approximate surface area is 159 Å². The minimum Gasteiger partial charge on any atom is -0.455 e. The van der Waals surface area contributed by atoms with Gasteiger partial charge in [-0.15, -0.1) is 0 Å². The zero-order chi connectivity index (χ0) is 19.3. The lowest BCUT2D eigenvalue weighted by atomic mass is 9.85. The smallest absolute Gasteiger partial charge is 0.316 e. The normalized spacial score (nSPS) is 14.7. The molecule has 6 nitrogen and oxygen atoms in total. The molecule has 6 heteroatoms. The van der Waals surface area contributed by atoms with Crippen molar-refractivity contribution < 1.29 is 14.3 Å². The van der Waals surface area contributed by atoms with Crippen molar-refractivity contribution in [3.8, 4) is 0 Å². The highest BCUT2D eigenvalue weighted by molar-refractivity contribution is 5.85. The van der Waals surface area contributed by atoms with Crippen molar-refractivity contribution in [2.24, 2.45) is 0 Å². The van der Waals surface area contributed by atoms with Crippen molar-refractivity contribution in [3.05, 3.63) is 60.3 Å². The fraction of sp³-hybridized carbons (Fsp3) is 0.381. The maximum atomic E-state index is 12.5. The summed E-state index contributed by atoms with van der Waals surface area (Å²) < 4.78 is 5.33. The molecule has 0 spiro atoms. The summed E-state index contributed by atoms with van der Waals surface area (Å²) >= 11 is 0. The van der Waals surface area contributed by atoms with E-state index >= 15 is 0 Å². The van der Waals surface area contributed by atoms with Gasteiger partial charge in [0.1, 0.15) is 5.82 Å². The van der Waals surface area contributed by atoms with E-state index in [9.17, 15) is 9.59 Å². The zero-order valence-corrected chi connectivity index (χ0v) is 15.8. The van der Waals surface area contributed by atoms with Crippen molar-refractivity contribution in [2.75, 3.05) is 37.7 Å². The Morgan fingerprint density at radius 1 is 1.00 bits per heavy atom. The Bertz CT molecular complexity index is 770. The molecule has 0 radical (unpaired) electrons. The number of hydrogen-bond donors (Lipinski definition) is 0. The molecule has 142 valence electrons. The summed E-state index contributed by atoms with van der Waals surface area (Å²) in [6, 6.07) is 15.2. The van der Waals surface area contributed by atoms with Gasteiger partial charge in [0.05, 0.1) is 5.41 Å². The van der Waals surface area contributed by atoms with Crippen LogP contribution in [0, 0.1) is 0 Å². The number of hydrogen-bond acceptors (Lipinski definition) is 5. The van der Waals surface area contributed by atoms with Gasteiger partial charge in [-0.3, -0.25) is 9.59 Å². The van der Waals surface area contributed by atoms with Crippen LogP contribution >= 0.6 is 0 Å². The molecule has 27 heavy (non-hydrogen) atoms. The molecule has 0 saturated carbocycles.